The number of ether oxygens (including phenoxy) is 1. The number of carbonyl (C=O) groups is 2. The number of hydrogen-bond acceptors (Lipinski definition) is 7. The molecule has 0 saturated carbocycles. The number of carbonyl (C=O) groups excluding carboxylic acids is 1. The molecule has 1 unspecified atom stereocenters. The maximum Gasteiger partial charge on any atom is 0.419 e. The maximum absolute atomic E-state index is 13.6. The number of nitriles is 2. The molecule has 2 aromatic rings. The summed E-state index contributed by atoms with van der Waals surface area (Å²) in [5.41, 5.74) is -5.68. The molecule has 1 fully saturated rings. The van der Waals surface area contributed by atoms with E-state index in [0.717, 1.165) is 6.20 Å². The van der Waals surface area contributed by atoms with E-state index in [0.29, 0.717) is 24.6 Å². The molecule has 2 heterocycles. The van der Waals surface area contributed by atoms with Crippen molar-refractivity contribution in [2.24, 2.45) is 5.41 Å². The molecular formula is C24H22F3N5O4. The highest BCUT2D eigenvalue weighted by molar-refractivity contribution is 6.01. The third-order valence-corrected chi connectivity index (χ3v) is 6.52. The summed E-state index contributed by atoms with van der Waals surface area (Å²) >= 11 is 0. The molecule has 1 aliphatic heterocycles. The number of benzene rings is 1. The number of likely N-dealkylation sites (N-methyl/N-ethyl adjacent to an activating group) is 1. The molecular weight excluding hydrogens is 479 g/mol. The van der Waals surface area contributed by atoms with E-state index in [1.807, 2.05) is 6.07 Å². The summed E-state index contributed by atoms with van der Waals surface area (Å²) < 4.78 is 45.9. The van der Waals surface area contributed by atoms with E-state index in [1.54, 1.807) is 7.05 Å². The van der Waals surface area contributed by atoms with Crippen LogP contribution in [0.15, 0.2) is 36.5 Å². The number of aromatic nitrogens is 1. The average Bonchev–Trinajstić information content (AvgIpc) is 3.25. The van der Waals surface area contributed by atoms with E-state index in [1.165, 1.54) is 42.2 Å². The summed E-state index contributed by atoms with van der Waals surface area (Å²) in [6, 6.07) is 9.85. The first-order valence-electron chi connectivity index (χ1n) is 10.8. The highest BCUT2D eigenvalue weighted by Gasteiger charge is 2.63. The second-order valence-corrected chi connectivity index (χ2v) is 8.63. The summed E-state index contributed by atoms with van der Waals surface area (Å²) in [6.07, 6.45) is -3.42. The number of amides is 1. The van der Waals surface area contributed by atoms with E-state index in [-0.39, 0.29) is 17.9 Å². The number of hydrogen-bond donors (Lipinski definition) is 2. The molecule has 2 atom stereocenters. The van der Waals surface area contributed by atoms with Crippen molar-refractivity contribution < 1.29 is 32.6 Å². The summed E-state index contributed by atoms with van der Waals surface area (Å²) in [5.74, 6) is -1.90. The minimum absolute atomic E-state index is 0.0961. The van der Waals surface area contributed by atoms with Gasteiger partial charge in [0, 0.05) is 0 Å². The van der Waals surface area contributed by atoms with Crippen LogP contribution in [0.1, 0.15) is 36.6 Å². The Labute approximate surface area is 204 Å². The average molecular weight is 501 g/mol. The molecule has 0 radical (unpaired) electrons. The fourth-order valence-electron chi connectivity index (χ4n) is 4.49. The first kappa shape index (κ1) is 26.4. The van der Waals surface area contributed by atoms with Crippen LogP contribution in [0.3, 0.4) is 0 Å². The van der Waals surface area contributed by atoms with E-state index in [4.69, 9.17) is 15.3 Å². The molecule has 188 valence electrons. The minimum atomic E-state index is -4.89. The van der Waals surface area contributed by atoms with Crippen LogP contribution in [0, 0.1) is 28.1 Å². The van der Waals surface area contributed by atoms with Crippen molar-refractivity contribution in [1.82, 2.24) is 9.88 Å². The third-order valence-electron chi connectivity index (χ3n) is 6.52. The maximum atomic E-state index is 13.6. The summed E-state index contributed by atoms with van der Waals surface area (Å²) in [4.78, 5) is 31.2. The first-order valence-corrected chi connectivity index (χ1v) is 10.8. The van der Waals surface area contributed by atoms with Crippen molar-refractivity contribution in [2.45, 2.75) is 31.5 Å². The summed E-state index contributed by atoms with van der Waals surface area (Å²) in [6.45, 7) is 1.32. The Morgan fingerprint density at radius 3 is 2.42 bits per heavy atom. The molecule has 2 N–H and O–H groups in total. The van der Waals surface area contributed by atoms with E-state index in [2.05, 4.69) is 10.3 Å². The molecule has 3 rings (SSSR count). The largest absolute Gasteiger partial charge is 0.492 e. The molecule has 0 spiro atoms. The fourth-order valence-corrected chi connectivity index (χ4v) is 4.49. The first-order chi connectivity index (χ1) is 16.9. The number of carboxylic acid groups (broad SMARTS) is 1. The van der Waals surface area contributed by atoms with E-state index >= 15 is 0 Å². The third kappa shape index (κ3) is 4.68. The summed E-state index contributed by atoms with van der Waals surface area (Å²) in [5, 5.41) is 30.5. The van der Waals surface area contributed by atoms with Crippen LogP contribution in [0.5, 0.6) is 5.75 Å². The lowest BCUT2D eigenvalue weighted by molar-refractivity contribution is -0.165. The lowest BCUT2D eigenvalue weighted by Crippen LogP contribution is -2.66. The second-order valence-electron chi connectivity index (χ2n) is 8.63. The standard InChI is InChI=1S/C24H22F3N5O4/c1-22(23(21(34)35)8-3-9-32(23)2,14-36-17-6-4-15(11-28)5-7-17)20(33)31-16-10-18(24(25,26)27)19(12-29)30-13-16/h4-7,10,13H,3,8-9,14H2,1-2H3,(H,31,33)(H,34,35)/t22?,23-/m1/s1. The van der Waals surface area contributed by atoms with Gasteiger partial charge in [-0.15, -0.1) is 0 Å². The molecule has 1 aromatic carbocycles. The smallest absolute Gasteiger partial charge is 0.419 e. The number of halogens is 3. The van der Waals surface area contributed by atoms with Gasteiger partial charge < -0.3 is 15.2 Å². The molecule has 0 bridgehead atoms. The lowest BCUT2D eigenvalue weighted by atomic mass is 9.68. The number of carboxylic acids is 1. The number of alkyl halides is 3. The monoisotopic (exact) mass is 501 g/mol. The van der Waals surface area contributed by atoms with Gasteiger partial charge in [-0.25, -0.2) is 4.98 Å². The number of nitrogens with zero attached hydrogens (tertiary/aromatic N) is 4. The van der Waals surface area contributed by atoms with Crippen LogP contribution in [-0.4, -0.2) is 52.6 Å². The number of nitrogens with one attached hydrogen (secondary N) is 1. The van der Waals surface area contributed by atoms with Crippen molar-refractivity contribution >= 4 is 17.6 Å². The Hall–Kier alpha value is -4.16. The molecule has 12 heteroatoms. The van der Waals surface area contributed by atoms with Crippen molar-refractivity contribution in [2.75, 3.05) is 25.5 Å². The number of anilines is 1. The number of rotatable bonds is 7. The zero-order valence-electron chi connectivity index (χ0n) is 19.4. The fraction of sp³-hybridized carbons (Fsp3) is 0.375. The van der Waals surface area contributed by atoms with Crippen molar-refractivity contribution in [1.29, 1.82) is 10.5 Å². The molecule has 36 heavy (non-hydrogen) atoms. The van der Waals surface area contributed by atoms with Gasteiger partial charge in [0.05, 0.1) is 29.1 Å². The van der Waals surface area contributed by atoms with Crippen molar-refractivity contribution in [3.63, 3.8) is 0 Å². The molecule has 1 amide bonds. The quantitative estimate of drug-likeness (QED) is 0.588. The molecule has 0 aliphatic carbocycles. The molecule has 1 aromatic heterocycles. The number of aliphatic carboxylic acids is 1. The Bertz CT molecular complexity index is 1250. The molecule has 1 saturated heterocycles. The summed E-state index contributed by atoms with van der Waals surface area (Å²) in [7, 11) is 1.55. The van der Waals surface area contributed by atoms with Crippen LogP contribution < -0.4 is 10.1 Å². The van der Waals surface area contributed by atoms with Gasteiger partial charge in [-0.3, -0.25) is 14.5 Å². The van der Waals surface area contributed by atoms with Gasteiger partial charge in [-0.05, 0) is 63.7 Å². The van der Waals surface area contributed by atoms with Crippen LogP contribution in [0.4, 0.5) is 18.9 Å². The van der Waals surface area contributed by atoms with Gasteiger partial charge >= 0.3 is 12.1 Å². The predicted octanol–water partition coefficient (Wildman–Crippen LogP) is 3.42. The number of pyridine rings is 1. The van der Waals surface area contributed by atoms with E-state index in [9.17, 15) is 27.9 Å². The van der Waals surface area contributed by atoms with Gasteiger partial charge in [0.2, 0.25) is 5.91 Å². The lowest BCUT2D eigenvalue weighted by Gasteiger charge is -2.45. The zero-order chi connectivity index (χ0) is 26.7. The highest BCUT2D eigenvalue weighted by atomic mass is 19.4. The second kappa shape index (κ2) is 9.84. The normalized spacial score (nSPS) is 19.5. The molecule has 1 aliphatic rings. The van der Waals surface area contributed by atoms with E-state index < -0.39 is 46.9 Å². The Morgan fingerprint density at radius 2 is 1.92 bits per heavy atom. The minimum Gasteiger partial charge on any atom is -0.492 e. The predicted molar refractivity (Wildman–Crippen MR) is 120 cm³/mol. The van der Waals surface area contributed by atoms with Gasteiger partial charge in [-0.2, -0.15) is 23.7 Å². The SMILES string of the molecule is CN1CCC[C@@]1(C(=O)O)C(C)(COc1ccc(C#N)cc1)C(=O)Nc1cnc(C#N)c(C(F)(F)F)c1. The van der Waals surface area contributed by atoms with Crippen LogP contribution in [0.2, 0.25) is 0 Å². The topological polar surface area (TPSA) is 139 Å². The van der Waals surface area contributed by atoms with Crippen molar-refractivity contribution in [3.05, 3.63) is 53.3 Å². The van der Waals surface area contributed by atoms with Gasteiger partial charge in [0.25, 0.3) is 0 Å². The Balaban J connectivity index is 2.01. The van der Waals surface area contributed by atoms with Gasteiger partial charge in [0.15, 0.2) is 5.69 Å². The van der Waals surface area contributed by atoms with Gasteiger partial charge in [0.1, 0.15) is 29.4 Å². The van der Waals surface area contributed by atoms with Crippen molar-refractivity contribution in [3.8, 4) is 17.9 Å². The van der Waals surface area contributed by atoms with Crippen LogP contribution >= 0.6 is 0 Å². The Kier molecular flexibility index (Phi) is 7.22. The highest BCUT2D eigenvalue weighted by Crippen LogP contribution is 2.45. The van der Waals surface area contributed by atoms with Gasteiger partial charge in [-0.1, -0.05) is 0 Å². The van der Waals surface area contributed by atoms with Crippen LogP contribution in [0.25, 0.3) is 0 Å². The molecule has 9 nitrogen and oxygen atoms in total. The number of likely N-dealkylation sites (tertiary alicyclic amines) is 1. The van der Waals surface area contributed by atoms with Crippen LogP contribution in [-0.2, 0) is 15.8 Å². The zero-order valence-corrected chi connectivity index (χ0v) is 19.4. The Morgan fingerprint density at radius 1 is 1.25 bits per heavy atom.